The van der Waals surface area contributed by atoms with Crippen molar-refractivity contribution in [3.05, 3.63) is 80.3 Å². The number of esters is 1. The fraction of sp³-hybridized carbons (Fsp3) is 0.160. The first-order valence-corrected chi connectivity index (χ1v) is 11.2. The molecule has 0 fully saturated rings. The highest BCUT2D eigenvalue weighted by Crippen LogP contribution is 2.34. The summed E-state index contributed by atoms with van der Waals surface area (Å²) in [6.45, 7) is -0.208. The first-order chi connectivity index (χ1) is 16.9. The number of ether oxygens (including phenoxy) is 4. The Bertz CT molecular complexity index is 1440. The Kier molecular flexibility index (Phi) is 7.02. The number of fused-ring (bicyclic) bond motifs is 1. The number of carbonyl (C=O) groups is 2. The van der Waals surface area contributed by atoms with Crippen LogP contribution in [0.15, 0.2) is 63.1 Å². The van der Waals surface area contributed by atoms with Crippen LogP contribution in [-0.2, 0) is 11.3 Å². The van der Waals surface area contributed by atoms with E-state index in [4.69, 9.17) is 23.4 Å². The van der Waals surface area contributed by atoms with Crippen LogP contribution in [0.25, 0.3) is 11.0 Å². The summed E-state index contributed by atoms with van der Waals surface area (Å²) < 4.78 is 26.5. The van der Waals surface area contributed by atoms with E-state index in [0.29, 0.717) is 32.9 Å². The van der Waals surface area contributed by atoms with E-state index in [1.54, 1.807) is 35.7 Å². The molecule has 0 aliphatic heterocycles. The van der Waals surface area contributed by atoms with E-state index in [2.05, 4.69) is 5.32 Å². The molecule has 0 aliphatic carbocycles. The van der Waals surface area contributed by atoms with Crippen LogP contribution in [0.3, 0.4) is 0 Å². The van der Waals surface area contributed by atoms with Crippen molar-refractivity contribution in [2.45, 2.75) is 6.61 Å². The van der Waals surface area contributed by atoms with Gasteiger partial charge < -0.3 is 28.7 Å². The van der Waals surface area contributed by atoms with Crippen molar-refractivity contribution < 1.29 is 33.0 Å². The van der Waals surface area contributed by atoms with Crippen LogP contribution in [0, 0.1) is 0 Å². The summed E-state index contributed by atoms with van der Waals surface area (Å²) in [6, 6.07) is 12.6. The zero-order chi connectivity index (χ0) is 24.9. The lowest BCUT2D eigenvalue weighted by Crippen LogP contribution is -2.16. The average Bonchev–Trinajstić information content (AvgIpc) is 3.41. The zero-order valence-electron chi connectivity index (χ0n) is 19.1. The number of hydrogen-bond acceptors (Lipinski definition) is 9. The molecule has 0 atom stereocenters. The maximum absolute atomic E-state index is 13.1. The molecule has 35 heavy (non-hydrogen) atoms. The van der Waals surface area contributed by atoms with Gasteiger partial charge in [-0.1, -0.05) is 6.07 Å². The molecular formula is C25H21NO8S. The third-order valence-corrected chi connectivity index (χ3v) is 6.00. The molecule has 10 heteroatoms. The number of anilines is 1. The van der Waals surface area contributed by atoms with E-state index in [0.717, 1.165) is 0 Å². The van der Waals surface area contributed by atoms with Gasteiger partial charge in [-0.2, -0.15) is 0 Å². The van der Waals surface area contributed by atoms with Crippen molar-refractivity contribution in [3.8, 4) is 17.2 Å². The van der Waals surface area contributed by atoms with Gasteiger partial charge >= 0.3 is 11.6 Å². The van der Waals surface area contributed by atoms with E-state index < -0.39 is 11.6 Å². The third kappa shape index (κ3) is 5.12. The second-order valence-corrected chi connectivity index (χ2v) is 8.16. The molecule has 0 spiro atoms. The van der Waals surface area contributed by atoms with Crippen molar-refractivity contribution in [2.24, 2.45) is 0 Å². The molecule has 2 aromatic carbocycles. The number of amides is 1. The number of benzene rings is 2. The molecule has 0 saturated heterocycles. The molecule has 4 rings (SSSR count). The number of thiophene rings is 1. The smallest absolute Gasteiger partial charge is 0.340 e. The fourth-order valence-electron chi connectivity index (χ4n) is 3.42. The van der Waals surface area contributed by atoms with Crippen molar-refractivity contribution in [2.75, 3.05) is 26.6 Å². The lowest BCUT2D eigenvalue weighted by molar-refractivity contribution is 0.0474. The third-order valence-electron chi connectivity index (χ3n) is 5.13. The van der Waals surface area contributed by atoms with Crippen LogP contribution in [0.1, 0.15) is 25.6 Å². The summed E-state index contributed by atoms with van der Waals surface area (Å²) in [5.41, 5.74) is 0.413. The summed E-state index contributed by atoms with van der Waals surface area (Å²) in [4.78, 5) is 38.3. The second kappa shape index (κ2) is 10.3. The van der Waals surface area contributed by atoms with Gasteiger partial charge in [0.2, 0.25) is 0 Å². The summed E-state index contributed by atoms with van der Waals surface area (Å²) >= 11 is 1.26. The van der Waals surface area contributed by atoms with E-state index in [1.165, 1.54) is 50.9 Å². The van der Waals surface area contributed by atoms with Crippen LogP contribution >= 0.6 is 11.3 Å². The number of methoxy groups -OCH3 is 3. The van der Waals surface area contributed by atoms with E-state index in [9.17, 15) is 14.4 Å². The Balaban J connectivity index is 1.65. The molecule has 1 N–H and O–H groups in total. The normalized spacial score (nSPS) is 10.6. The van der Waals surface area contributed by atoms with Gasteiger partial charge in [0.15, 0.2) is 11.5 Å². The summed E-state index contributed by atoms with van der Waals surface area (Å²) in [6.07, 6.45) is 0. The van der Waals surface area contributed by atoms with Crippen LogP contribution in [0.4, 0.5) is 5.69 Å². The Hall–Kier alpha value is -4.31. The highest BCUT2D eigenvalue weighted by Gasteiger charge is 2.21. The van der Waals surface area contributed by atoms with E-state index >= 15 is 0 Å². The number of hydrogen-bond donors (Lipinski definition) is 1. The van der Waals surface area contributed by atoms with Gasteiger partial charge in [0, 0.05) is 35.2 Å². The van der Waals surface area contributed by atoms with Gasteiger partial charge in [-0.25, -0.2) is 9.59 Å². The van der Waals surface area contributed by atoms with Crippen LogP contribution < -0.4 is 25.2 Å². The Morgan fingerprint density at radius 1 is 0.971 bits per heavy atom. The van der Waals surface area contributed by atoms with Crippen molar-refractivity contribution in [1.82, 2.24) is 0 Å². The standard InChI is InChI=1S/C25H21NO8S/c1-30-15-6-7-16-14(9-23(27)34-19(16)10-15)13-33-25(29)17-11-20(31-2)21(32-3)12-18(17)26-24(28)22-5-4-8-35-22/h4-12H,13H2,1-3H3,(H,26,28). The monoisotopic (exact) mass is 495 g/mol. The van der Waals surface area contributed by atoms with E-state index in [1.807, 2.05) is 0 Å². The van der Waals surface area contributed by atoms with Gasteiger partial charge in [-0.3, -0.25) is 4.79 Å². The Morgan fingerprint density at radius 3 is 2.43 bits per heavy atom. The molecule has 0 radical (unpaired) electrons. The topological polar surface area (TPSA) is 113 Å². The maximum Gasteiger partial charge on any atom is 0.340 e. The van der Waals surface area contributed by atoms with E-state index in [-0.39, 0.29) is 29.5 Å². The molecule has 4 aromatic rings. The summed E-state index contributed by atoms with van der Waals surface area (Å²) in [5.74, 6) is 0.00747. The van der Waals surface area contributed by atoms with Crippen LogP contribution in [-0.4, -0.2) is 33.2 Å². The molecule has 1 amide bonds. The Labute approximate surface area is 203 Å². The van der Waals surface area contributed by atoms with Gasteiger partial charge in [-0.15, -0.1) is 11.3 Å². The number of nitrogens with one attached hydrogen (secondary N) is 1. The molecule has 0 bridgehead atoms. The van der Waals surface area contributed by atoms with Crippen LogP contribution in [0.5, 0.6) is 17.2 Å². The molecule has 180 valence electrons. The van der Waals surface area contributed by atoms with Gasteiger partial charge in [-0.05, 0) is 23.6 Å². The molecule has 0 saturated carbocycles. The lowest BCUT2D eigenvalue weighted by atomic mass is 10.1. The minimum absolute atomic E-state index is 0.0569. The molecular weight excluding hydrogens is 474 g/mol. The predicted molar refractivity (Wildman–Crippen MR) is 130 cm³/mol. The summed E-state index contributed by atoms with van der Waals surface area (Å²) in [7, 11) is 4.38. The first kappa shape index (κ1) is 23.8. The maximum atomic E-state index is 13.1. The number of carbonyl (C=O) groups excluding carboxylic acids is 2. The molecule has 0 unspecified atom stereocenters. The zero-order valence-corrected chi connectivity index (χ0v) is 19.9. The largest absolute Gasteiger partial charge is 0.497 e. The SMILES string of the molecule is COc1ccc2c(COC(=O)c3cc(OC)c(OC)cc3NC(=O)c3cccs3)cc(=O)oc2c1. The second-order valence-electron chi connectivity index (χ2n) is 7.21. The quantitative estimate of drug-likeness (QED) is 0.281. The number of rotatable bonds is 8. The highest BCUT2D eigenvalue weighted by atomic mass is 32.1. The van der Waals surface area contributed by atoms with Gasteiger partial charge in [0.05, 0.1) is 37.5 Å². The average molecular weight is 496 g/mol. The minimum Gasteiger partial charge on any atom is -0.497 e. The molecule has 0 aliphatic rings. The van der Waals surface area contributed by atoms with Gasteiger partial charge in [0.1, 0.15) is 17.9 Å². The van der Waals surface area contributed by atoms with Crippen molar-refractivity contribution in [1.29, 1.82) is 0 Å². The molecule has 9 nitrogen and oxygen atoms in total. The summed E-state index contributed by atoms with van der Waals surface area (Å²) in [5, 5.41) is 5.09. The van der Waals surface area contributed by atoms with Gasteiger partial charge in [0.25, 0.3) is 5.91 Å². The molecule has 2 heterocycles. The fourth-order valence-corrected chi connectivity index (χ4v) is 4.04. The Morgan fingerprint density at radius 2 is 1.74 bits per heavy atom. The predicted octanol–water partition coefficient (Wildman–Crippen LogP) is 4.49. The lowest BCUT2D eigenvalue weighted by Gasteiger charge is -2.15. The van der Waals surface area contributed by atoms with Crippen molar-refractivity contribution >= 4 is 39.9 Å². The first-order valence-electron chi connectivity index (χ1n) is 10.3. The highest BCUT2D eigenvalue weighted by molar-refractivity contribution is 7.12. The molecule has 2 aromatic heterocycles. The van der Waals surface area contributed by atoms with Crippen LogP contribution in [0.2, 0.25) is 0 Å². The minimum atomic E-state index is -0.734. The van der Waals surface area contributed by atoms with Crippen molar-refractivity contribution in [3.63, 3.8) is 0 Å².